The highest BCUT2D eigenvalue weighted by atomic mass is 32.2. The van der Waals surface area contributed by atoms with Crippen molar-refractivity contribution in [2.75, 3.05) is 19.9 Å². The summed E-state index contributed by atoms with van der Waals surface area (Å²) in [5, 5.41) is 3.02. The van der Waals surface area contributed by atoms with Gasteiger partial charge in [-0.05, 0) is 32.9 Å². The molecular weight excluding hydrogens is 222 g/mol. The maximum Gasteiger partial charge on any atom is 0.251 e. The molecule has 1 aliphatic carbocycles. The van der Waals surface area contributed by atoms with Crippen LogP contribution in [0.25, 0.3) is 0 Å². The van der Waals surface area contributed by atoms with Crippen molar-refractivity contribution in [1.29, 1.82) is 0 Å². The van der Waals surface area contributed by atoms with E-state index in [-0.39, 0.29) is 10.7 Å². The Morgan fingerprint density at radius 1 is 1.44 bits per heavy atom. The molecule has 0 bridgehead atoms. The Hall–Kier alpha value is -0.220. The summed E-state index contributed by atoms with van der Waals surface area (Å²) < 4.78 is 5.43. The predicted octanol–water partition coefficient (Wildman–Crippen LogP) is 2.20. The highest BCUT2D eigenvalue weighted by Gasteiger charge is 2.35. The average molecular weight is 245 g/mol. The van der Waals surface area contributed by atoms with Gasteiger partial charge in [-0.2, -0.15) is 11.8 Å². The van der Waals surface area contributed by atoms with Gasteiger partial charge in [-0.3, -0.25) is 4.79 Å². The SMILES string of the molecule is COC(C)(C)C(=O)NCC1(SC)CCCC1. The molecule has 1 amide bonds. The summed E-state index contributed by atoms with van der Waals surface area (Å²) >= 11 is 1.88. The normalized spacial score (nSPS) is 19.8. The molecule has 94 valence electrons. The van der Waals surface area contributed by atoms with E-state index in [4.69, 9.17) is 4.74 Å². The van der Waals surface area contributed by atoms with Crippen LogP contribution >= 0.6 is 11.8 Å². The fraction of sp³-hybridized carbons (Fsp3) is 0.917. The highest BCUT2D eigenvalue weighted by molar-refractivity contribution is 8.00. The van der Waals surface area contributed by atoms with Crippen molar-refractivity contribution in [3.8, 4) is 0 Å². The van der Waals surface area contributed by atoms with Gasteiger partial charge in [-0.25, -0.2) is 0 Å². The Labute approximate surface area is 103 Å². The molecule has 1 saturated carbocycles. The molecule has 0 aromatic rings. The van der Waals surface area contributed by atoms with E-state index in [1.165, 1.54) is 25.7 Å². The molecule has 0 spiro atoms. The summed E-state index contributed by atoms with van der Waals surface area (Å²) in [4.78, 5) is 11.9. The average Bonchev–Trinajstić information content (AvgIpc) is 2.75. The molecule has 16 heavy (non-hydrogen) atoms. The van der Waals surface area contributed by atoms with Gasteiger partial charge in [0.15, 0.2) is 0 Å². The van der Waals surface area contributed by atoms with E-state index in [1.807, 2.05) is 11.8 Å². The van der Waals surface area contributed by atoms with E-state index in [1.54, 1.807) is 21.0 Å². The zero-order valence-electron chi connectivity index (χ0n) is 10.8. The third-order valence-electron chi connectivity index (χ3n) is 3.58. The van der Waals surface area contributed by atoms with E-state index in [0.29, 0.717) is 0 Å². The molecule has 1 aliphatic rings. The quantitative estimate of drug-likeness (QED) is 0.807. The van der Waals surface area contributed by atoms with Crippen LogP contribution in [0.2, 0.25) is 0 Å². The molecule has 0 saturated heterocycles. The van der Waals surface area contributed by atoms with Crippen molar-refractivity contribution in [3.05, 3.63) is 0 Å². The van der Waals surface area contributed by atoms with Crippen molar-refractivity contribution in [2.45, 2.75) is 49.9 Å². The largest absolute Gasteiger partial charge is 0.369 e. The zero-order valence-corrected chi connectivity index (χ0v) is 11.6. The summed E-state index contributed by atoms with van der Waals surface area (Å²) in [7, 11) is 1.57. The fourth-order valence-corrected chi connectivity index (χ4v) is 2.93. The highest BCUT2D eigenvalue weighted by Crippen LogP contribution is 2.39. The van der Waals surface area contributed by atoms with E-state index in [0.717, 1.165) is 6.54 Å². The summed E-state index contributed by atoms with van der Waals surface area (Å²) in [6.07, 6.45) is 7.12. The van der Waals surface area contributed by atoms with Crippen LogP contribution in [0.15, 0.2) is 0 Å². The fourth-order valence-electron chi connectivity index (χ4n) is 2.02. The molecule has 0 aromatic heterocycles. The predicted molar refractivity (Wildman–Crippen MR) is 68.8 cm³/mol. The number of ether oxygens (including phenoxy) is 1. The topological polar surface area (TPSA) is 38.3 Å². The molecule has 4 heteroatoms. The summed E-state index contributed by atoms with van der Waals surface area (Å²) in [6, 6.07) is 0. The minimum Gasteiger partial charge on any atom is -0.369 e. The molecule has 0 aliphatic heterocycles. The lowest BCUT2D eigenvalue weighted by molar-refractivity contribution is -0.139. The van der Waals surface area contributed by atoms with Gasteiger partial charge in [0.05, 0.1) is 0 Å². The van der Waals surface area contributed by atoms with E-state index in [2.05, 4.69) is 11.6 Å². The van der Waals surface area contributed by atoms with Gasteiger partial charge >= 0.3 is 0 Å². The number of methoxy groups -OCH3 is 1. The second-order valence-electron chi connectivity index (χ2n) is 4.99. The number of amides is 1. The maximum atomic E-state index is 11.9. The molecule has 3 nitrogen and oxygen atoms in total. The Morgan fingerprint density at radius 3 is 2.44 bits per heavy atom. The monoisotopic (exact) mass is 245 g/mol. The first-order chi connectivity index (χ1) is 7.46. The van der Waals surface area contributed by atoms with Crippen LogP contribution in [0.5, 0.6) is 0 Å². The van der Waals surface area contributed by atoms with Crippen molar-refractivity contribution >= 4 is 17.7 Å². The summed E-state index contributed by atoms with van der Waals surface area (Å²) in [5.74, 6) is -0.0182. The number of hydrogen-bond acceptors (Lipinski definition) is 3. The second-order valence-corrected chi connectivity index (χ2v) is 6.27. The van der Waals surface area contributed by atoms with Crippen LogP contribution in [0, 0.1) is 0 Å². The first-order valence-corrected chi connectivity index (χ1v) is 7.07. The molecule has 1 N–H and O–H groups in total. The van der Waals surface area contributed by atoms with Crippen LogP contribution in [0.1, 0.15) is 39.5 Å². The Morgan fingerprint density at radius 2 is 2.00 bits per heavy atom. The number of nitrogens with one attached hydrogen (secondary N) is 1. The Bertz CT molecular complexity index is 247. The molecule has 0 radical (unpaired) electrons. The smallest absolute Gasteiger partial charge is 0.251 e. The van der Waals surface area contributed by atoms with Gasteiger partial charge in [0, 0.05) is 18.4 Å². The number of hydrogen-bond donors (Lipinski definition) is 1. The summed E-state index contributed by atoms with van der Waals surface area (Å²) in [5.41, 5.74) is -0.724. The summed E-state index contributed by atoms with van der Waals surface area (Å²) in [6.45, 7) is 4.35. The van der Waals surface area contributed by atoms with Crippen molar-refractivity contribution in [3.63, 3.8) is 0 Å². The zero-order chi connectivity index (χ0) is 12.2. The van der Waals surface area contributed by atoms with Crippen LogP contribution in [-0.4, -0.2) is 36.2 Å². The molecular formula is C12H23NO2S. The van der Waals surface area contributed by atoms with E-state index < -0.39 is 5.60 Å². The number of carbonyl (C=O) groups is 1. The van der Waals surface area contributed by atoms with Crippen molar-refractivity contribution in [2.24, 2.45) is 0 Å². The first kappa shape index (κ1) is 13.8. The van der Waals surface area contributed by atoms with Crippen molar-refractivity contribution in [1.82, 2.24) is 5.32 Å². The van der Waals surface area contributed by atoms with Crippen LogP contribution < -0.4 is 5.32 Å². The lowest BCUT2D eigenvalue weighted by Gasteiger charge is -2.29. The second kappa shape index (κ2) is 5.41. The third kappa shape index (κ3) is 3.14. The lowest BCUT2D eigenvalue weighted by Crippen LogP contribution is -2.48. The van der Waals surface area contributed by atoms with Gasteiger partial charge in [-0.1, -0.05) is 12.8 Å². The Balaban J connectivity index is 2.47. The van der Waals surface area contributed by atoms with E-state index >= 15 is 0 Å². The lowest BCUT2D eigenvalue weighted by atomic mass is 10.1. The minimum atomic E-state index is -0.724. The number of carbonyl (C=O) groups excluding carboxylic acids is 1. The Kier molecular flexibility index (Phi) is 4.68. The van der Waals surface area contributed by atoms with Crippen LogP contribution in [0.4, 0.5) is 0 Å². The van der Waals surface area contributed by atoms with Gasteiger partial charge in [0.2, 0.25) is 0 Å². The molecule has 0 unspecified atom stereocenters. The molecule has 0 atom stereocenters. The van der Waals surface area contributed by atoms with Gasteiger partial charge in [0.1, 0.15) is 5.60 Å². The molecule has 0 heterocycles. The van der Waals surface area contributed by atoms with Gasteiger partial charge in [0.25, 0.3) is 5.91 Å². The maximum absolute atomic E-state index is 11.9. The van der Waals surface area contributed by atoms with Crippen LogP contribution in [0.3, 0.4) is 0 Å². The molecule has 0 aromatic carbocycles. The standard InChI is InChI=1S/C12H23NO2S/c1-11(2,15-3)10(14)13-9-12(16-4)7-5-6-8-12/h5-9H2,1-4H3,(H,13,14). The minimum absolute atomic E-state index is 0.0182. The van der Waals surface area contributed by atoms with E-state index in [9.17, 15) is 4.79 Å². The van der Waals surface area contributed by atoms with Gasteiger partial charge in [-0.15, -0.1) is 0 Å². The van der Waals surface area contributed by atoms with Gasteiger partial charge < -0.3 is 10.1 Å². The number of thioether (sulfide) groups is 1. The van der Waals surface area contributed by atoms with Crippen LogP contribution in [-0.2, 0) is 9.53 Å². The molecule has 1 rings (SSSR count). The van der Waals surface area contributed by atoms with Crippen molar-refractivity contribution < 1.29 is 9.53 Å². The number of rotatable bonds is 5. The third-order valence-corrected chi connectivity index (χ3v) is 4.99. The first-order valence-electron chi connectivity index (χ1n) is 5.84. The molecule has 1 fully saturated rings.